The van der Waals surface area contributed by atoms with E-state index < -0.39 is 43.1 Å². The Kier molecular flexibility index (Phi) is 30.2. The number of aliphatic imine (C=N–C) groups is 1. The Morgan fingerprint density at radius 2 is 1.24 bits per heavy atom. The molecule has 2 aliphatic carbocycles. The summed E-state index contributed by atoms with van der Waals surface area (Å²) in [5, 5.41) is -1.16. The van der Waals surface area contributed by atoms with E-state index in [1.165, 1.54) is 26.1 Å². The number of amides is 1. The number of carbonyl (C=O) groups is 3. The normalized spacial score (nSPS) is 15.0. The van der Waals surface area contributed by atoms with Crippen LogP contribution >= 0.6 is 0 Å². The number of ether oxygens (including phenoxy) is 1. The second kappa shape index (κ2) is 30.1. The lowest BCUT2D eigenvalue weighted by Gasteiger charge is -2.35. The molecular weight excluding hydrogens is 791 g/mol. The second-order valence-electron chi connectivity index (χ2n) is 13.3. The second-order valence-corrected chi connectivity index (χ2v) is 16.3. The van der Waals surface area contributed by atoms with Crippen molar-refractivity contribution >= 4 is 44.1 Å². The summed E-state index contributed by atoms with van der Waals surface area (Å²) >= 11 is 0. The van der Waals surface area contributed by atoms with Crippen LogP contribution in [0.25, 0.3) is 0 Å². The van der Waals surface area contributed by atoms with Crippen LogP contribution in [0.5, 0.6) is 0 Å². The van der Waals surface area contributed by atoms with Gasteiger partial charge in [0.25, 0.3) is 20.2 Å². The predicted octanol–water partition coefficient (Wildman–Crippen LogP) is 11.5. The third-order valence-corrected chi connectivity index (χ3v) is 10.2. The summed E-state index contributed by atoms with van der Waals surface area (Å²) in [6, 6.07) is 19.8. The molecule has 0 aliphatic heterocycles. The van der Waals surface area contributed by atoms with E-state index in [0.29, 0.717) is 24.0 Å². The minimum absolute atomic E-state index is 0. The van der Waals surface area contributed by atoms with Gasteiger partial charge in [-0.25, -0.2) is 4.79 Å². The van der Waals surface area contributed by atoms with Crippen molar-refractivity contribution in [2.24, 2.45) is 4.99 Å². The average Bonchev–Trinajstić information content (AvgIpc) is 3.18. The summed E-state index contributed by atoms with van der Waals surface area (Å²) in [6.07, 6.45) is 4.91. The van der Waals surface area contributed by atoms with Gasteiger partial charge in [-0.3, -0.25) is 18.7 Å². The molecule has 2 N–H and O–H groups in total. The predicted molar refractivity (Wildman–Crippen MR) is 243 cm³/mol. The lowest BCUT2D eigenvalue weighted by Crippen LogP contribution is -2.35. The van der Waals surface area contributed by atoms with Crippen LogP contribution in [0.3, 0.4) is 0 Å². The van der Waals surface area contributed by atoms with Crippen molar-refractivity contribution in [1.82, 2.24) is 0 Å². The molecule has 0 radical (unpaired) electrons. The number of Topliss-reactive ketones (excluding diaryl/α,β-unsaturated/α-hetero) is 2. The fourth-order valence-electron chi connectivity index (χ4n) is 6.10. The van der Waals surface area contributed by atoms with Gasteiger partial charge in [0.15, 0.2) is 0 Å². The van der Waals surface area contributed by atoms with Crippen molar-refractivity contribution in [3.05, 3.63) is 100 Å². The zero-order valence-corrected chi connectivity index (χ0v) is 38.6. The largest absolute Gasteiger partial charge is 0.442 e. The van der Waals surface area contributed by atoms with Gasteiger partial charge in [0.2, 0.25) is 0 Å². The zero-order valence-electron chi connectivity index (χ0n) is 37.0. The van der Waals surface area contributed by atoms with Crippen LogP contribution < -0.4 is 0 Å². The third kappa shape index (κ3) is 21.7. The summed E-state index contributed by atoms with van der Waals surface area (Å²) in [5.41, 5.74) is 4.10. The molecule has 1 amide bonds. The summed E-state index contributed by atoms with van der Waals surface area (Å²) in [7, 11) is -9.00. The maximum atomic E-state index is 12.3. The van der Waals surface area contributed by atoms with E-state index in [-0.39, 0.29) is 36.7 Å². The van der Waals surface area contributed by atoms with Crippen molar-refractivity contribution in [3.63, 3.8) is 0 Å². The van der Waals surface area contributed by atoms with Gasteiger partial charge in [-0.05, 0) is 113 Å². The monoisotopic (exact) mass is 863 g/mol. The number of fused-ring (bicyclic) bond motifs is 2. The van der Waals surface area contributed by atoms with E-state index in [9.17, 15) is 40.3 Å². The van der Waals surface area contributed by atoms with Crippen LogP contribution in [0, 0.1) is 0 Å². The molecule has 5 rings (SSSR count). The van der Waals surface area contributed by atoms with Gasteiger partial charge in [0, 0.05) is 12.1 Å². The van der Waals surface area contributed by atoms with Crippen LogP contribution in [0.1, 0.15) is 162 Å². The van der Waals surface area contributed by atoms with E-state index in [4.69, 9.17) is 4.74 Å². The first-order valence-electron chi connectivity index (χ1n) is 20.2. The van der Waals surface area contributed by atoms with Gasteiger partial charge in [-0.15, -0.1) is 0 Å². The number of rotatable bonds is 6. The molecule has 11 nitrogen and oxygen atoms in total. The fraction of sp³-hybridized carbons (Fsp3) is 0.522. The van der Waals surface area contributed by atoms with Gasteiger partial charge in [0.05, 0.1) is 16.6 Å². The first-order valence-corrected chi connectivity index (χ1v) is 23.2. The molecule has 3 aromatic rings. The van der Waals surface area contributed by atoms with Crippen molar-refractivity contribution in [3.8, 4) is 0 Å². The van der Waals surface area contributed by atoms with Crippen LogP contribution in [0.15, 0.2) is 76.6 Å². The molecule has 0 aromatic heterocycles. The van der Waals surface area contributed by atoms with Gasteiger partial charge in [0.1, 0.15) is 17.2 Å². The highest BCUT2D eigenvalue weighted by molar-refractivity contribution is 7.86. The average molecular weight is 864 g/mol. The Morgan fingerprint density at radius 1 is 0.729 bits per heavy atom. The SMILES string of the molecule is C.CC.CC.CC.CC.CC(=O)CC(C)=O.CC(C)(C)OC(=O)N=Cc1ccccc1.O=S(=O)(O)c1ccc2c(c1[C@H]1c3ccccc3CC[C@H]1S(=O)(=O)O)CCCC2. The summed E-state index contributed by atoms with van der Waals surface area (Å²) in [5.74, 6) is -0.968. The molecule has 0 spiro atoms. The minimum Gasteiger partial charge on any atom is -0.442 e. The number of nitrogens with zero attached hydrogens (tertiary/aromatic N) is 1. The molecule has 0 unspecified atom stereocenters. The molecule has 2 aliphatic rings. The Labute approximate surface area is 357 Å². The van der Waals surface area contributed by atoms with Gasteiger partial charge in [-0.2, -0.15) is 21.8 Å². The lowest BCUT2D eigenvalue weighted by molar-refractivity contribution is -0.124. The summed E-state index contributed by atoms with van der Waals surface area (Å²) in [6.45, 7) is 24.2. The van der Waals surface area contributed by atoms with E-state index in [2.05, 4.69) is 4.99 Å². The van der Waals surface area contributed by atoms with E-state index in [0.717, 1.165) is 41.5 Å². The number of benzene rings is 3. The van der Waals surface area contributed by atoms with Crippen molar-refractivity contribution in [2.45, 2.75) is 164 Å². The Morgan fingerprint density at radius 3 is 1.71 bits per heavy atom. The number of hydrogen-bond donors (Lipinski definition) is 2. The van der Waals surface area contributed by atoms with Crippen molar-refractivity contribution < 1.29 is 45.1 Å². The van der Waals surface area contributed by atoms with Crippen LogP contribution in [0.2, 0.25) is 0 Å². The molecule has 2 atom stereocenters. The third-order valence-electron chi connectivity index (χ3n) is 7.98. The highest BCUT2D eigenvalue weighted by Gasteiger charge is 2.42. The number of hydrogen-bond acceptors (Lipinski definition) is 8. The molecule has 334 valence electrons. The minimum atomic E-state index is -4.56. The topological polar surface area (TPSA) is 182 Å². The van der Waals surface area contributed by atoms with Crippen molar-refractivity contribution in [2.75, 3.05) is 0 Å². The number of ketones is 2. The molecule has 0 heterocycles. The lowest BCUT2D eigenvalue weighted by atomic mass is 9.74. The van der Waals surface area contributed by atoms with E-state index in [1.54, 1.807) is 18.2 Å². The van der Waals surface area contributed by atoms with Crippen LogP contribution in [-0.4, -0.2) is 60.7 Å². The van der Waals surface area contributed by atoms with Crippen molar-refractivity contribution in [1.29, 1.82) is 0 Å². The summed E-state index contributed by atoms with van der Waals surface area (Å²) < 4.78 is 73.8. The fourth-order valence-corrected chi connectivity index (χ4v) is 7.91. The smallest absolute Gasteiger partial charge is 0.434 e. The molecule has 0 fully saturated rings. The Balaban J connectivity index is -0.000000855. The first-order chi connectivity index (χ1) is 27.3. The molecule has 0 saturated carbocycles. The molecular formula is C46H73NO10S2. The molecule has 3 aromatic carbocycles. The molecule has 59 heavy (non-hydrogen) atoms. The quantitative estimate of drug-likeness (QED) is 0.137. The number of carbonyl (C=O) groups excluding carboxylic acids is 3. The zero-order chi connectivity index (χ0) is 45.3. The summed E-state index contributed by atoms with van der Waals surface area (Å²) in [4.78, 5) is 34.7. The van der Waals surface area contributed by atoms with Gasteiger partial charge >= 0.3 is 6.09 Å². The first kappa shape index (κ1) is 59.3. The maximum absolute atomic E-state index is 12.3. The van der Waals surface area contributed by atoms with Gasteiger partial charge < -0.3 is 4.74 Å². The highest BCUT2D eigenvalue weighted by atomic mass is 32.2. The Bertz CT molecular complexity index is 1920. The number of aryl methyl sites for hydroxylation is 2. The maximum Gasteiger partial charge on any atom is 0.434 e. The van der Waals surface area contributed by atoms with Crippen LogP contribution in [-0.2, 0) is 53.8 Å². The molecule has 13 heteroatoms. The van der Waals surface area contributed by atoms with E-state index in [1.807, 2.05) is 119 Å². The Hall–Kier alpha value is -4.04. The molecule has 0 saturated heterocycles. The molecule has 0 bridgehead atoms. The highest BCUT2D eigenvalue weighted by Crippen LogP contribution is 2.45. The van der Waals surface area contributed by atoms with Crippen LogP contribution in [0.4, 0.5) is 4.79 Å². The van der Waals surface area contributed by atoms with Gasteiger partial charge in [-0.1, -0.05) is 123 Å². The van der Waals surface area contributed by atoms with E-state index >= 15 is 0 Å². The standard InChI is InChI=1S/C20H22O6S2.C12H15NO2.C5H8O2.4C2H6.CH4/c21-27(22,23)17-11-9-13-5-1-3-7-15(13)19(17)20-16-8-4-2-6-14(16)10-12-18(20)28(24,25)26;1-12(2,3)15-11(14)13-9-10-7-5-4-6-8-10;1-4(6)3-5(2)7;4*1-2;/h1,3,5,7,10,12,17,19H,2,4,6,8-9,11H2,(H,21,22,23)(H,24,25,26);4-9H,1-3H3;3H2,1-2H3;4*1-2H3;1H4/t17-,19+;;;;;;;/m1......./s1.